The first-order valence-corrected chi connectivity index (χ1v) is 8.40. The molecule has 25 heavy (non-hydrogen) atoms. The molecule has 0 saturated carbocycles. The molecule has 0 bridgehead atoms. The standard InChI is InChI=1S/C14H11NO.C4H3NO2S2/c15-10-12-6-4-5-7-13(12)11-16-14-8-2-1-3-9-14;6-1-2-3(7)5-4(8)9-2/h1-9H,11H2;1,6H,(H,5,7,8). The molecule has 1 saturated heterocycles. The molecule has 0 atom stereocenters. The maximum Gasteiger partial charge on any atom is 0.266 e. The first kappa shape index (κ1) is 18.5. The maximum atomic E-state index is 10.6. The van der Waals surface area contributed by atoms with Crippen molar-refractivity contribution >= 4 is 34.2 Å². The fraction of sp³-hybridized carbons (Fsp3) is 0.0556. The SMILES string of the molecule is N#Cc1ccccc1COc1ccccc1.O=C1NC(=S)SC1=CO. The van der Waals surface area contributed by atoms with Crippen LogP contribution >= 0.6 is 24.0 Å². The average Bonchev–Trinajstić information content (AvgIpc) is 2.99. The van der Waals surface area contributed by atoms with Crippen molar-refractivity contribution < 1.29 is 14.6 Å². The van der Waals surface area contributed by atoms with Crippen molar-refractivity contribution in [1.82, 2.24) is 5.32 Å². The third kappa shape index (κ3) is 5.64. The van der Waals surface area contributed by atoms with E-state index < -0.39 is 0 Å². The number of nitriles is 1. The van der Waals surface area contributed by atoms with Crippen molar-refractivity contribution in [3.05, 3.63) is 76.9 Å². The van der Waals surface area contributed by atoms with Gasteiger partial charge in [0, 0.05) is 5.56 Å². The number of benzene rings is 2. The number of hydrogen-bond acceptors (Lipinski definition) is 6. The Morgan fingerprint density at radius 3 is 2.44 bits per heavy atom. The minimum Gasteiger partial charge on any atom is -0.514 e. The lowest BCUT2D eigenvalue weighted by Gasteiger charge is -2.06. The number of nitrogens with one attached hydrogen (secondary N) is 1. The summed E-state index contributed by atoms with van der Waals surface area (Å²) in [4.78, 5) is 10.8. The number of carbonyl (C=O) groups is 1. The van der Waals surface area contributed by atoms with Crippen LogP contribution in [0.15, 0.2) is 65.8 Å². The molecule has 1 heterocycles. The Labute approximate surface area is 154 Å². The van der Waals surface area contributed by atoms with Gasteiger partial charge in [-0.2, -0.15) is 5.26 Å². The number of rotatable bonds is 3. The highest BCUT2D eigenvalue weighted by Gasteiger charge is 2.21. The molecular weight excluding hydrogens is 356 g/mol. The molecule has 0 radical (unpaired) electrons. The number of ether oxygens (including phenoxy) is 1. The van der Waals surface area contributed by atoms with Gasteiger partial charge >= 0.3 is 0 Å². The summed E-state index contributed by atoms with van der Waals surface area (Å²) in [6.45, 7) is 0.424. The molecule has 7 heteroatoms. The lowest BCUT2D eigenvalue weighted by Crippen LogP contribution is -2.17. The molecule has 3 rings (SSSR count). The van der Waals surface area contributed by atoms with Gasteiger partial charge in [-0.05, 0) is 18.2 Å². The van der Waals surface area contributed by atoms with Crippen molar-refractivity contribution in [3.63, 3.8) is 0 Å². The molecule has 0 aromatic heterocycles. The lowest BCUT2D eigenvalue weighted by atomic mass is 10.1. The number of thioether (sulfide) groups is 1. The third-order valence-corrected chi connectivity index (χ3v) is 4.18. The van der Waals surface area contributed by atoms with Crippen LogP contribution in [0.25, 0.3) is 0 Å². The second kappa shape index (κ2) is 9.47. The van der Waals surface area contributed by atoms with Gasteiger partial charge in [0.2, 0.25) is 0 Å². The van der Waals surface area contributed by atoms with E-state index >= 15 is 0 Å². The highest BCUT2D eigenvalue weighted by Crippen LogP contribution is 2.21. The van der Waals surface area contributed by atoms with Crippen molar-refractivity contribution in [2.24, 2.45) is 0 Å². The van der Waals surface area contributed by atoms with E-state index in [2.05, 4.69) is 23.6 Å². The zero-order chi connectivity index (χ0) is 18.1. The molecule has 1 amide bonds. The second-order valence-electron chi connectivity index (χ2n) is 4.71. The van der Waals surface area contributed by atoms with Crippen LogP contribution in [0.5, 0.6) is 5.75 Å². The summed E-state index contributed by atoms with van der Waals surface area (Å²) < 4.78 is 5.97. The van der Waals surface area contributed by atoms with Crippen LogP contribution in [-0.2, 0) is 11.4 Å². The topological polar surface area (TPSA) is 82.3 Å². The highest BCUT2D eigenvalue weighted by atomic mass is 32.2. The van der Waals surface area contributed by atoms with Gasteiger partial charge in [0.1, 0.15) is 21.6 Å². The predicted octanol–water partition coefficient (Wildman–Crippen LogP) is 3.67. The van der Waals surface area contributed by atoms with Crippen LogP contribution in [-0.4, -0.2) is 15.3 Å². The maximum absolute atomic E-state index is 10.6. The fourth-order valence-corrected chi connectivity index (χ4v) is 2.75. The van der Waals surface area contributed by atoms with E-state index in [0.717, 1.165) is 29.3 Å². The number of amides is 1. The number of aliphatic hydroxyl groups excluding tert-OH is 1. The normalized spacial score (nSPS) is 14.3. The molecule has 2 aromatic rings. The van der Waals surface area contributed by atoms with E-state index in [-0.39, 0.29) is 10.8 Å². The summed E-state index contributed by atoms with van der Waals surface area (Å²) in [5.74, 6) is 0.489. The summed E-state index contributed by atoms with van der Waals surface area (Å²) in [5, 5.41) is 19.6. The number of para-hydroxylation sites is 1. The van der Waals surface area contributed by atoms with E-state index in [1.165, 1.54) is 0 Å². The van der Waals surface area contributed by atoms with Crippen molar-refractivity contribution in [3.8, 4) is 11.8 Å². The van der Waals surface area contributed by atoms with Gasteiger partial charge in [0.25, 0.3) is 5.91 Å². The van der Waals surface area contributed by atoms with Crippen LogP contribution < -0.4 is 10.1 Å². The molecule has 2 aromatic carbocycles. The number of hydrogen-bond donors (Lipinski definition) is 2. The predicted molar refractivity (Wildman–Crippen MR) is 101 cm³/mol. The van der Waals surface area contributed by atoms with Crippen LogP contribution in [0.4, 0.5) is 0 Å². The number of thiocarbonyl (C=S) groups is 1. The second-order valence-corrected chi connectivity index (χ2v) is 6.43. The summed E-state index contributed by atoms with van der Waals surface area (Å²) >= 11 is 5.67. The third-order valence-electron chi connectivity index (χ3n) is 3.03. The lowest BCUT2D eigenvalue weighted by molar-refractivity contribution is -0.115. The van der Waals surface area contributed by atoms with Gasteiger partial charge in [-0.15, -0.1) is 0 Å². The Bertz CT molecular complexity index is 830. The van der Waals surface area contributed by atoms with Crippen LogP contribution in [0.2, 0.25) is 0 Å². The Morgan fingerprint density at radius 2 is 1.88 bits per heavy atom. The van der Waals surface area contributed by atoms with Gasteiger partial charge in [0.15, 0.2) is 0 Å². The summed E-state index contributed by atoms with van der Waals surface area (Å²) in [7, 11) is 0. The van der Waals surface area contributed by atoms with E-state index in [1.54, 1.807) is 6.07 Å². The molecule has 1 aliphatic rings. The summed E-state index contributed by atoms with van der Waals surface area (Å²) in [6.07, 6.45) is 0.749. The smallest absolute Gasteiger partial charge is 0.266 e. The number of carbonyl (C=O) groups excluding carboxylic acids is 1. The van der Waals surface area contributed by atoms with Crippen molar-refractivity contribution in [2.75, 3.05) is 0 Å². The Morgan fingerprint density at radius 1 is 1.20 bits per heavy atom. The molecule has 1 aliphatic heterocycles. The molecule has 2 N–H and O–H groups in total. The first-order chi connectivity index (χ1) is 12.1. The van der Waals surface area contributed by atoms with E-state index in [0.29, 0.717) is 16.5 Å². The molecule has 0 spiro atoms. The molecule has 1 fully saturated rings. The van der Waals surface area contributed by atoms with Gasteiger partial charge in [0.05, 0.1) is 17.9 Å². The minimum absolute atomic E-state index is 0.250. The van der Waals surface area contributed by atoms with E-state index in [9.17, 15) is 4.79 Å². The quantitative estimate of drug-likeness (QED) is 0.487. The Hall–Kier alpha value is -2.82. The number of nitrogens with zero attached hydrogens (tertiary/aromatic N) is 1. The molecular formula is C18H14N2O3S2. The first-order valence-electron chi connectivity index (χ1n) is 7.17. The van der Waals surface area contributed by atoms with Crippen molar-refractivity contribution in [2.45, 2.75) is 6.61 Å². The van der Waals surface area contributed by atoms with Crippen molar-refractivity contribution in [1.29, 1.82) is 5.26 Å². The van der Waals surface area contributed by atoms with E-state index in [4.69, 9.17) is 15.1 Å². The monoisotopic (exact) mass is 370 g/mol. The largest absolute Gasteiger partial charge is 0.514 e. The number of aliphatic hydroxyl groups is 1. The molecule has 126 valence electrons. The van der Waals surface area contributed by atoms with Crippen LogP contribution in [0.1, 0.15) is 11.1 Å². The minimum atomic E-state index is -0.326. The average molecular weight is 370 g/mol. The summed E-state index contributed by atoms with van der Waals surface area (Å²) in [6, 6.07) is 19.2. The van der Waals surface area contributed by atoms with Gasteiger partial charge < -0.3 is 15.2 Å². The fourth-order valence-electron chi connectivity index (χ4n) is 1.84. The molecule has 0 unspecified atom stereocenters. The molecule has 0 aliphatic carbocycles. The molecule has 5 nitrogen and oxygen atoms in total. The summed E-state index contributed by atoms with van der Waals surface area (Å²) in [5.41, 5.74) is 1.58. The van der Waals surface area contributed by atoms with E-state index in [1.807, 2.05) is 48.5 Å². The zero-order valence-corrected chi connectivity index (χ0v) is 14.6. The Kier molecular flexibility index (Phi) is 7.01. The van der Waals surface area contributed by atoms with Gasteiger partial charge in [-0.1, -0.05) is 60.4 Å². The Balaban J connectivity index is 0.000000212. The van der Waals surface area contributed by atoms with Gasteiger partial charge in [-0.25, -0.2) is 0 Å². The van der Waals surface area contributed by atoms with Crippen LogP contribution in [0, 0.1) is 11.3 Å². The van der Waals surface area contributed by atoms with Gasteiger partial charge in [-0.3, -0.25) is 4.79 Å². The zero-order valence-electron chi connectivity index (χ0n) is 13.0. The van der Waals surface area contributed by atoms with Crippen LogP contribution in [0.3, 0.4) is 0 Å². The highest BCUT2D eigenvalue weighted by molar-refractivity contribution is 8.26.